The second kappa shape index (κ2) is 4.94. The highest BCUT2D eigenvalue weighted by Crippen LogP contribution is 2.08. The molecule has 1 aromatic rings. The minimum atomic E-state index is -0.738. The van der Waals surface area contributed by atoms with E-state index >= 15 is 0 Å². The Bertz CT molecular complexity index is 394. The number of aromatic amines is 1. The van der Waals surface area contributed by atoms with Crippen LogP contribution >= 0.6 is 0 Å². The van der Waals surface area contributed by atoms with E-state index in [9.17, 15) is 9.59 Å². The van der Waals surface area contributed by atoms with Crippen LogP contribution in [0.2, 0.25) is 0 Å². The van der Waals surface area contributed by atoms with Gasteiger partial charge in [-0.3, -0.25) is 4.79 Å². The lowest BCUT2D eigenvalue weighted by Gasteiger charge is -2.22. The molecule has 0 bridgehead atoms. The Hall–Kier alpha value is -1.92. The maximum Gasteiger partial charge on any atom is 0.328 e. The molecule has 7 nitrogen and oxygen atoms in total. The molecule has 0 spiro atoms. The molecule has 0 fully saturated rings. The van der Waals surface area contributed by atoms with Gasteiger partial charge in [0, 0.05) is 0 Å². The number of aromatic nitrogens is 3. The van der Waals surface area contributed by atoms with Crippen LogP contribution in [0.1, 0.15) is 38.2 Å². The molecule has 0 aliphatic rings. The molecular weight excluding hydrogens is 224 g/mol. The summed E-state index contributed by atoms with van der Waals surface area (Å²) in [4.78, 5) is 23.1. The Morgan fingerprint density at radius 1 is 1.47 bits per heavy atom. The van der Waals surface area contributed by atoms with Gasteiger partial charge in [-0.2, -0.15) is 15.4 Å². The normalized spacial score (nSPS) is 12.9. The summed E-state index contributed by atoms with van der Waals surface area (Å²) < 4.78 is 5.12. The van der Waals surface area contributed by atoms with E-state index in [1.165, 1.54) is 6.20 Å². The molecular formula is C10H16N4O3. The van der Waals surface area contributed by atoms with Crippen molar-refractivity contribution in [1.29, 1.82) is 0 Å². The van der Waals surface area contributed by atoms with Crippen LogP contribution in [-0.4, -0.2) is 38.9 Å². The summed E-state index contributed by atoms with van der Waals surface area (Å²) >= 11 is 0. The molecule has 1 aromatic heterocycles. The van der Waals surface area contributed by atoms with Gasteiger partial charge in [0.15, 0.2) is 5.69 Å². The Morgan fingerprint density at radius 3 is 2.59 bits per heavy atom. The topological polar surface area (TPSA) is 97.0 Å². The van der Waals surface area contributed by atoms with Crippen molar-refractivity contribution in [2.24, 2.45) is 0 Å². The van der Waals surface area contributed by atoms with Crippen LogP contribution in [0.25, 0.3) is 0 Å². The fourth-order valence-corrected chi connectivity index (χ4v) is 1.03. The summed E-state index contributed by atoms with van der Waals surface area (Å²) in [5, 5.41) is 11.9. The highest BCUT2D eigenvalue weighted by atomic mass is 16.6. The average Bonchev–Trinajstić information content (AvgIpc) is 2.67. The largest absolute Gasteiger partial charge is 0.458 e. The van der Waals surface area contributed by atoms with E-state index < -0.39 is 23.5 Å². The standard InChI is InChI=1S/C10H16N4O3/c1-6(9(16)17-10(2,3)4)12-8(15)7-5-11-14-13-7/h5-6H,1-4H3,(H,12,15)(H,11,13,14)/t6-/m0/s1. The van der Waals surface area contributed by atoms with Gasteiger partial charge in [0.2, 0.25) is 0 Å². The van der Waals surface area contributed by atoms with Crippen LogP contribution in [0.4, 0.5) is 0 Å². The first-order valence-corrected chi connectivity index (χ1v) is 5.19. The lowest BCUT2D eigenvalue weighted by molar-refractivity contribution is -0.156. The second-order valence-corrected chi connectivity index (χ2v) is 4.58. The van der Waals surface area contributed by atoms with E-state index in [-0.39, 0.29) is 5.69 Å². The third kappa shape index (κ3) is 4.21. The lowest BCUT2D eigenvalue weighted by Crippen LogP contribution is -2.42. The van der Waals surface area contributed by atoms with Crippen molar-refractivity contribution in [2.45, 2.75) is 39.3 Å². The molecule has 1 rings (SSSR count). The van der Waals surface area contributed by atoms with Crippen molar-refractivity contribution < 1.29 is 14.3 Å². The zero-order valence-electron chi connectivity index (χ0n) is 10.3. The molecule has 0 saturated carbocycles. The van der Waals surface area contributed by atoms with Gasteiger partial charge >= 0.3 is 5.97 Å². The summed E-state index contributed by atoms with van der Waals surface area (Å²) in [7, 11) is 0. The number of esters is 1. The van der Waals surface area contributed by atoms with Gasteiger partial charge in [-0.1, -0.05) is 0 Å². The molecule has 0 saturated heterocycles. The summed E-state index contributed by atoms with van der Waals surface area (Å²) in [6.45, 7) is 6.83. The highest BCUT2D eigenvalue weighted by Gasteiger charge is 2.23. The van der Waals surface area contributed by atoms with Crippen LogP contribution in [0.15, 0.2) is 6.20 Å². The van der Waals surface area contributed by atoms with Crippen molar-refractivity contribution in [3.63, 3.8) is 0 Å². The number of carbonyl (C=O) groups is 2. The average molecular weight is 240 g/mol. The van der Waals surface area contributed by atoms with Gasteiger partial charge in [0.1, 0.15) is 11.6 Å². The number of rotatable bonds is 3. The summed E-state index contributed by atoms with van der Waals surface area (Å²) in [5.41, 5.74) is -0.454. The Balaban J connectivity index is 2.52. The zero-order chi connectivity index (χ0) is 13.1. The van der Waals surface area contributed by atoms with Crippen molar-refractivity contribution >= 4 is 11.9 Å². The van der Waals surface area contributed by atoms with Crippen molar-refractivity contribution in [1.82, 2.24) is 20.7 Å². The second-order valence-electron chi connectivity index (χ2n) is 4.58. The number of amides is 1. The Morgan fingerprint density at radius 2 is 2.12 bits per heavy atom. The van der Waals surface area contributed by atoms with Crippen LogP contribution in [0, 0.1) is 0 Å². The van der Waals surface area contributed by atoms with E-state index in [0.29, 0.717) is 0 Å². The molecule has 7 heteroatoms. The maximum atomic E-state index is 11.6. The number of ether oxygens (including phenoxy) is 1. The molecule has 94 valence electrons. The van der Waals surface area contributed by atoms with Gasteiger partial charge in [-0.15, -0.1) is 0 Å². The fraction of sp³-hybridized carbons (Fsp3) is 0.600. The van der Waals surface area contributed by atoms with E-state index in [1.807, 2.05) is 0 Å². The zero-order valence-corrected chi connectivity index (χ0v) is 10.3. The Labute approximate surface area is 98.9 Å². The minimum Gasteiger partial charge on any atom is -0.458 e. The van der Waals surface area contributed by atoms with E-state index in [4.69, 9.17) is 4.74 Å². The number of nitrogens with zero attached hydrogens (tertiary/aromatic N) is 2. The first kappa shape index (κ1) is 13.1. The van der Waals surface area contributed by atoms with Crippen molar-refractivity contribution in [3.8, 4) is 0 Å². The summed E-state index contributed by atoms with van der Waals surface area (Å²) in [6, 6.07) is -0.738. The third-order valence-electron chi connectivity index (χ3n) is 1.76. The number of hydrogen-bond acceptors (Lipinski definition) is 5. The van der Waals surface area contributed by atoms with E-state index in [0.717, 1.165) is 0 Å². The predicted molar refractivity (Wildman–Crippen MR) is 59.2 cm³/mol. The van der Waals surface area contributed by atoms with Gasteiger partial charge in [0.05, 0.1) is 6.20 Å². The summed E-state index contributed by atoms with van der Waals surface area (Å²) in [6.07, 6.45) is 1.27. The van der Waals surface area contributed by atoms with E-state index in [1.54, 1.807) is 27.7 Å². The van der Waals surface area contributed by atoms with Crippen LogP contribution in [0.3, 0.4) is 0 Å². The highest BCUT2D eigenvalue weighted by molar-refractivity contribution is 5.94. The number of carbonyl (C=O) groups excluding carboxylic acids is 2. The number of nitrogens with one attached hydrogen (secondary N) is 2. The first-order chi connectivity index (χ1) is 7.79. The predicted octanol–water partition coefficient (Wildman–Crippen LogP) is 0.265. The molecule has 1 amide bonds. The fourth-order valence-electron chi connectivity index (χ4n) is 1.03. The quantitative estimate of drug-likeness (QED) is 0.739. The van der Waals surface area contributed by atoms with E-state index in [2.05, 4.69) is 20.7 Å². The number of H-pyrrole nitrogens is 1. The molecule has 0 aliphatic carbocycles. The van der Waals surface area contributed by atoms with Gasteiger partial charge in [-0.25, -0.2) is 4.79 Å². The van der Waals surface area contributed by atoms with Crippen LogP contribution in [-0.2, 0) is 9.53 Å². The smallest absolute Gasteiger partial charge is 0.328 e. The SMILES string of the molecule is C[C@H](NC(=O)c1cn[nH]n1)C(=O)OC(C)(C)C. The van der Waals surface area contributed by atoms with Crippen molar-refractivity contribution in [3.05, 3.63) is 11.9 Å². The maximum absolute atomic E-state index is 11.6. The molecule has 0 unspecified atom stereocenters. The monoisotopic (exact) mass is 240 g/mol. The molecule has 1 heterocycles. The first-order valence-electron chi connectivity index (χ1n) is 5.19. The Kier molecular flexibility index (Phi) is 3.82. The third-order valence-corrected chi connectivity index (χ3v) is 1.76. The van der Waals surface area contributed by atoms with Gasteiger partial charge < -0.3 is 10.1 Å². The minimum absolute atomic E-state index is 0.125. The van der Waals surface area contributed by atoms with Gasteiger partial charge in [-0.05, 0) is 27.7 Å². The summed E-state index contributed by atoms with van der Waals surface area (Å²) in [5.74, 6) is -0.966. The van der Waals surface area contributed by atoms with Crippen LogP contribution in [0.5, 0.6) is 0 Å². The molecule has 0 radical (unpaired) electrons. The molecule has 0 aliphatic heterocycles. The molecule has 0 aromatic carbocycles. The molecule has 1 atom stereocenters. The molecule has 17 heavy (non-hydrogen) atoms. The molecule has 2 N–H and O–H groups in total. The van der Waals surface area contributed by atoms with Crippen molar-refractivity contribution in [2.75, 3.05) is 0 Å². The van der Waals surface area contributed by atoms with Crippen LogP contribution < -0.4 is 5.32 Å². The van der Waals surface area contributed by atoms with Gasteiger partial charge in [0.25, 0.3) is 5.91 Å². The lowest BCUT2D eigenvalue weighted by atomic mass is 10.2. The number of hydrogen-bond donors (Lipinski definition) is 2.